The first-order valence-electron chi connectivity index (χ1n) is 9.27. The SMILES string of the molecule is CC(C)(C)OC(=O)N1CCC(c2nc3c(cc2F)nn2ccc(=O)[nH]c32)CC1. The second kappa shape index (κ2) is 6.57. The lowest BCUT2D eigenvalue weighted by Crippen LogP contribution is -2.41. The zero-order chi connectivity index (χ0) is 20.1. The van der Waals surface area contributed by atoms with Gasteiger partial charge in [0.1, 0.15) is 22.5 Å². The zero-order valence-electron chi connectivity index (χ0n) is 16.0. The Morgan fingerprint density at radius 1 is 1.32 bits per heavy atom. The molecule has 1 amide bonds. The van der Waals surface area contributed by atoms with Crippen LogP contribution in [0.5, 0.6) is 0 Å². The van der Waals surface area contributed by atoms with Crippen LogP contribution in [0.3, 0.4) is 0 Å². The molecule has 0 aromatic carbocycles. The quantitative estimate of drug-likeness (QED) is 0.693. The van der Waals surface area contributed by atoms with Gasteiger partial charge in [0.2, 0.25) is 0 Å². The number of nitrogens with zero attached hydrogens (tertiary/aromatic N) is 4. The van der Waals surface area contributed by atoms with Crippen LogP contribution in [0.25, 0.3) is 16.7 Å². The second-order valence-electron chi connectivity index (χ2n) is 8.06. The molecule has 1 aliphatic heterocycles. The Morgan fingerprint density at radius 2 is 2.04 bits per heavy atom. The van der Waals surface area contributed by atoms with Crippen LogP contribution in [0.2, 0.25) is 0 Å². The van der Waals surface area contributed by atoms with Gasteiger partial charge in [-0.05, 0) is 33.6 Å². The largest absolute Gasteiger partial charge is 0.444 e. The van der Waals surface area contributed by atoms with Crippen LogP contribution < -0.4 is 5.56 Å². The van der Waals surface area contributed by atoms with E-state index in [1.807, 2.05) is 20.8 Å². The molecule has 28 heavy (non-hydrogen) atoms. The van der Waals surface area contributed by atoms with Crippen molar-refractivity contribution in [2.45, 2.75) is 45.1 Å². The fourth-order valence-corrected chi connectivity index (χ4v) is 3.49. The number of pyridine rings is 1. The monoisotopic (exact) mass is 387 g/mol. The molecule has 1 saturated heterocycles. The summed E-state index contributed by atoms with van der Waals surface area (Å²) in [4.78, 5) is 32.7. The van der Waals surface area contributed by atoms with Gasteiger partial charge in [-0.3, -0.25) is 4.79 Å². The minimum Gasteiger partial charge on any atom is -0.444 e. The average Bonchev–Trinajstić information content (AvgIpc) is 2.96. The Bertz CT molecular complexity index is 1110. The number of H-pyrrole nitrogens is 1. The van der Waals surface area contributed by atoms with Gasteiger partial charge in [0.05, 0.1) is 5.69 Å². The van der Waals surface area contributed by atoms with Crippen LogP contribution in [0.15, 0.2) is 23.1 Å². The summed E-state index contributed by atoms with van der Waals surface area (Å²) in [5.74, 6) is -0.539. The summed E-state index contributed by atoms with van der Waals surface area (Å²) in [5, 5.41) is 4.25. The highest BCUT2D eigenvalue weighted by atomic mass is 19.1. The Hall–Kier alpha value is -2.97. The molecule has 0 saturated carbocycles. The third-order valence-electron chi connectivity index (χ3n) is 4.79. The molecule has 4 heterocycles. The summed E-state index contributed by atoms with van der Waals surface area (Å²) < 4.78 is 21.6. The summed E-state index contributed by atoms with van der Waals surface area (Å²) in [5.41, 5.74) is 0.809. The van der Waals surface area contributed by atoms with Crippen molar-refractivity contribution in [2.24, 2.45) is 0 Å². The normalized spacial score (nSPS) is 16.1. The highest BCUT2D eigenvalue weighted by Crippen LogP contribution is 2.31. The highest BCUT2D eigenvalue weighted by molar-refractivity contribution is 5.88. The van der Waals surface area contributed by atoms with Gasteiger partial charge in [0.25, 0.3) is 5.56 Å². The van der Waals surface area contributed by atoms with Crippen molar-refractivity contribution in [2.75, 3.05) is 13.1 Å². The van der Waals surface area contributed by atoms with E-state index in [-0.39, 0.29) is 17.6 Å². The Kier molecular flexibility index (Phi) is 4.32. The van der Waals surface area contributed by atoms with Gasteiger partial charge in [-0.25, -0.2) is 18.7 Å². The van der Waals surface area contributed by atoms with Crippen molar-refractivity contribution in [3.8, 4) is 0 Å². The van der Waals surface area contributed by atoms with Gasteiger partial charge in [-0.15, -0.1) is 0 Å². The number of aromatic amines is 1. The molecule has 0 aliphatic carbocycles. The van der Waals surface area contributed by atoms with Crippen LogP contribution in [-0.4, -0.2) is 49.3 Å². The predicted molar refractivity (Wildman–Crippen MR) is 101 cm³/mol. The molecule has 0 unspecified atom stereocenters. The average molecular weight is 387 g/mol. The molecule has 0 atom stereocenters. The molecule has 4 rings (SSSR count). The van der Waals surface area contributed by atoms with Crippen molar-refractivity contribution in [3.63, 3.8) is 0 Å². The van der Waals surface area contributed by atoms with E-state index >= 15 is 0 Å². The molecule has 0 bridgehead atoms. The number of hydrogen-bond donors (Lipinski definition) is 1. The molecule has 9 heteroatoms. The smallest absolute Gasteiger partial charge is 0.410 e. The lowest BCUT2D eigenvalue weighted by molar-refractivity contribution is 0.0203. The van der Waals surface area contributed by atoms with Crippen LogP contribution in [0.1, 0.15) is 45.2 Å². The number of carbonyl (C=O) groups excluding carboxylic acids is 1. The van der Waals surface area contributed by atoms with E-state index in [0.29, 0.717) is 48.3 Å². The number of rotatable bonds is 1. The zero-order valence-corrected chi connectivity index (χ0v) is 16.0. The standard InChI is InChI=1S/C19H22FN5O3/c1-19(2,3)28-18(27)24-7-4-11(5-8-24)15-12(20)10-13-16(22-15)17-21-14(26)6-9-25(17)23-13/h6,9-11H,4-5,7-8H2,1-3H3,(H,21,26). The minimum atomic E-state index is -0.549. The first-order chi connectivity index (χ1) is 13.2. The van der Waals surface area contributed by atoms with Gasteiger partial charge in [0.15, 0.2) is 5.65 Å². The number of hydrogen-bond acceptors (Lipinski definition) is 5. The molecule has 3 aromatic heterocycles. The first-order valence-corrected chi connectivity index (χ1v) is 9.27. The van der Waals surface area contributed by atoms with E-state index in [0.717, 1.165) is 0 Å². The van der Waals surface area contributed by atoms with Gasteiger partial charge in [0, 0.05) is 37.3 Å². The van der Waals surface area contributed by atoms with Gasteiger partial charge in [-0.1, -0.05) is 0 Å². The van der Waals surface area contributed by atoms with Crippen molar-refractivity contribution in [3.05, 3.63) is 40.2 Å². The van der Waals surface area contributed by atoms with E-state index in [9.17, 15) is 14.0 Å². The first kappa shape index (κ1) is 18.4. The molecular formula is C19H22FN5O3. The second-order valence-corrected chi connectivity index (χ2v) is 8.06. The van der Waals surface area contributed by atoms with E-state index in [4.69, 9.17) is 4.74 Å². The van der Waals surface area contributed by atoms with E-state index in [1.165, 1.54) is 22.8 Å². The Morgan fingerprint density at radius 3 is 2.71 bits per heavy atom. The number of likely N-dealkylation sites (tertiary alicyclic amines) is 1. The maximum absolute atomic E-state index is 14.7. The summed E-state index contributed by atoms with van der Waals surface area (Å²) in [6.45, 7) is 6.43. The minimum absolute atomic E-state index is 0.117. The van der Waals surface area contributed by atoms with Crippen molar-refractivity contribution in [1.82, 2.24) is 24.5 Å². The van der Waals surface area contributed by atoms with Gasteiger partial charge in [-0.2, -0.15) is 5.10 Å². The van der Waals surface area contributed by atoms with Crippen LogP contribution in [0.4, 0.5) is 9.18 Å². The predicted octanol–water partition coefficient (Wildman–Crippen LogP) is 2.82. The lowest BCUT2D eigenvalue weighted by atomic mass is 9.92. The van der Waals surface area contributed by atoms with E-state index in [2.05, 4.69) is 15.1 Å². The van der Waals surface area contributed by atoms with Crippen molar-refractivity contribution >= 4 is 22.8 Å². The number of piperidine rings is 1. The molecule has 3 aromatic rings. The van der Waals surface area contributed by atoms with Gasteiger partial charge < -0.3 is 14.6 Å². The maximum atomic E-state index is 14.7. The van der Waals surface area contributed by atoms with Crippen LogP contribution >= 0.6 is 0 Å². The van der Waals surface area contributed by atoms with E-state index < -0.39 is 11.4 Å². The van der Waals surface area contributed by atoms with Crippen molar-refractivity contribution in [1.29, 1.82) is 0 Å². The number of carbonyl (C=O) groups is 1. The summed E-state index contributed by atoms with van der Waals surface area (Å²) >= 11 is 0. The number of nitrogens with one attached hydrogen (secondary N) is 1. The molecule has 0 radical (unpaired) electrons. The number of ether oxygens (including phenoxy) is 1. The lowest BCUT2D eigenvalue weighted by Gasteiger charge is -2.33. The summed E-state index contributed by atoms with van der Waals surface area (Å²) in [6.07, 6.45) is 2.34. The third kappa shape index (κ3) is 3.44. The fraction of sp³-hybridized carbons (Fsp3) is 0.474. The molecule has 0 spiro atoms. The number of aromatic nitrogens is 4. The molecule has 1 aliphatic rings. The highest BCUT2D eigenvalue weighted by Gasteiger charge is 2.30. The summed E-state index contributed by atoms with van der Waals surface area (Å²) in [6, 6.07) is 2.70. The third-order valence-corrected chi connectivity index (χ3v) is 4.79. The Balaban J connectivity index is 1.59. The summed E-state index contributed by atoms with van der Waals surface area (Å²) in [7, 11) is 0. The fourth-order valence-electron chi connectivity index (χ4n) is 3.49. The number of halogens is 1. The van der Waals surface area contributed by atoms with Crippen molar-refractivity contribution < 1.29 is 13.9 Å². The topological polar surface area (TPSA) is 92.6 Å². The number of fused-ring (bicyclic) bond motifs is 3. The van der Waals surface area contributed by atoms with Crippen LogP contribution in [-0.2, 0) is 4.74 Å². The van der Waals surface area contributed by atoms with E-state index in [1.54, 1.807) is 4.90 Å². The molecule has 1 fully saturated rings. The number of amides is 1. The van der Waals surface area contributed by atoms with Gasteiger partial charge >= 0.3 is 6.09 Å². The Labute approximate surface area is 160 Å². The maximum Gasteiger partial charge on any atom is 0.410 e. The molecule has 8 nitrogen and oxygen atoms in total. The molecule has 148 valence electrons. The molecule has 1 N–H and O–H groups in total. The molecular weight excluding hydrogens is 365 g/mol. The van der Waals surface area contributed by atoms with Crippen LogP contribution in [0, 0.1) is 5.82 Å².